The molecule has 2 atom stereocenters. The number of halogens is 1. The Morgan fingerprint density at radius 3 is 3.12 bits per heavy atom. The molecule has 1 aromatic heterocycles. The van der Waals surface area contributed by atoms with E-state index >= 15 is 0 Å². The Morgan fingerprint density at radius 1 is 1.76 bits per heavy atom. The van der Waals surface area contributed by atoms with Crippen LogP contribution in [0.3, 0.4) is 0 Å². The maximum Gasteiger partial charge on any atom is 0.359 e. The molecule has 1 aromatic rings. The Bertz CT molecular complexity index is 420. The van der Waals surface area contributed by atoms with E-state index in [2.05, 4.69) is 9.84 Å². The number of methoxy groups -OCH3 is 1. The zero-order chi connectivity index (χ0) is 12.4. The number of aliphatic hydroxyl groups excluding tert-OH is 1. The van der Waals surface area contributed by atoms with Crippen LogP contribution in [-0.4, -0.2) is 40.7 Å². The van der Waals surface area contributed by atoms with Crippen LogP contribution >= 0.6 is 22.6 Å². The molecule has 0 unspecified atom stereocenters. The summed E-state index contributed by atoms with van der Waals surface area (Å²) < 4.78 is 12.6. The highest BCUT2D eigenvalue weighted by Crippen LogP contribution is 2.28. The molecule has 1 aliphatic heterocycles. The van der Waals surface area contributed by atoms with Crippen LogP contribution in [0.15, 0.2) is 6.20 Å². The molecule has 2 rings (SSSR count). The Kier molecular flexibility index (Phi) is 4.00. The second-order valence-corrected chi connectivity index (χ2v) is 4.93. The second kappa shape index (κ2) is 5.32. The molecule has 0 aliphatic carbocycles. The topological polar surface area (TPSA) is 73.6 Å². The molecule has 0 saturated carbocycles. The highest BCUT2D eigenvalue weighted by Gasteiger charge is 2.28. The van der Waals surface area contributed by atoms with Gasteiger partial charge in [0.25, 0.3) is 0 Å². The fourth-order valence-corrected chi connectivity index (χ4v) is 2.38. The van der Waals surface area contributed by atoms with Crippen molar-refractivity contribution in [1.82, 2.24) is 9.78 Å². The molecule has 0 aromatic carbocycles. The van der Waals surface area contributed by atoms with Gasteiger partial charge in [-0.1, -0.05) is 0 Å². The van der Waals surface area contributed by atoms with Gasteiger partial charge >= 0.3 is 5.97 Å². The molecule has 1 N–H and O–H groups in total. The third-order valence-electron chi connectivity index (χ3n) is 2.65. The molecule has 1 saturated heterocycles. The first-order valence-corrected chi connectivity index (χ1v) is 6.33. The van der Waals surface area contributed by atoms with E-state index in [9.17, 15) is 4.79 Å². The number of carbonyl (C=O) groups is 1. The smallest absolute Gasteiger partial charge is 0.359 e. The summed E-state index contributed by atoms with van der Waals surface area (Å²) in [5, 5.41) is 13.1. The van der Waals surface area contributed by atoms with Gasteiger partial charge in [0.05, 0.1) is 23.4 Å². The Hall–Kier alpha value is -0.670. The van der Waals surface area contributed by atoms with Gasteiger partial charge < -0.3 is 14.6 Å². The molecule has 2 heterocycles. The number of aromatic nitrogens is 2. The number of aliphatic hydroxyl groups is 1. The van der Waals surface area contributed by atoms with E-state index in [1.165, 1.54) is 7.11 Å². The van der Waals surface area contributed by atoms with Crippen molar-refractivity contribution in [3.05, 3.63) is 15.5 Å². The molecule has 1 aliphatic rings. The van der Waals surface area contributed by atoms with Crippen LogP contribution in [-0.2, 0) is 9.47 Å². The number of rotatable bonds is 3. The quantitative estimate of drug-likeness (QED) is 0.648. The summed E-state index contributed by atoms with van der Waals surface area (Å²) in [6.45, 7) is 0.0126. The molecule has 0 spiro atoms. The standard InChI is InChI=1S/C10H13IN2O4/c1-16-10(15)9-7(11)4-13(12-9)8-3-2-6(5-14)17-8/h4,6,8,14H,2-3,5H2,1H3/t6-,8-/m0/s1. The van der Waals surface area contributed by atoms with Gasteiger partial charge in [-0.25, -0.2) is 9.48 Å². The van der Waals surface area contributed by atoms with Crippen LogP contribution < -0.4 is 0 Å². The first-order valence-electron chi connectivity index (χ1n) is 5.25. The van der Waals surface area contributed by atoms with Crippen molar-refractivity contribution >= 4 is 28.6 Å². The number of nitrogens with zero attached hydrogens (tertiary/aromatic N) is 2. The number of hydrogen-bond donors (Lipinski definition) is 1. The Labute approximate surface area is 112 Å². The minimum atomic E-state index is -0.454. The second-order valence-electron chi connectivity index (χ2n) is 3.77. The van der Waals surface area contributed by atoms with Gasteiger partial charge in [0.1, 0.15) is 0 Å². The van der Waals surface area contributed by atoms with Crippen molar-refractivity contribution in [3.63, 3.8) is 0 Å². The maximum absolute atomic E-state index is 11.4. The first kappa shape index (κ1) is 12.8. The van der Waals surface area contributed by atoms with Gasteiger partial charge in [-0.05, 0) is 35.4 Å². The van der Waals surface area contributed by atoms with E-state index in [1.807, 2.05) is 22.6 Å². The van der Waals surface area contributed by atoms with Gasteiger partial charge in [-0.2, -0.15) is 5.10 Å². The zero-order valence-electron chi connectivity index (χ0n) is 9.30. The summed E-state index contributed by atoms with van der Waals surface area (Å²) in [4.78, 5) is 11.4. The molecule has 0 amide bonds. The van der Waals surface area contributed by atoms with Crippen molar-refractivity contribution < 1.29 is 19.4 Å². The lowest BCUT2D eigenvalue weighted by Gasteiger charge is -2.11. The summed E-state index contributed by atoms with van der Waals surface area (Å²) in [5.41, 5.74) is 0.296. The fraction of sp³-hybridized carbons (Fsp3) is 0.600. The molecular weight excluding hydrogens is 339 g/mol. The van der Waals surface area contributed by atoms with Crippen LogP contribution in [0.25, 0.3) is 0 Å². The molecule has 17 heavy (non-hydrogen) atoms. The lowest BCUT2D eigenvalue weighted by atomic mass is 10.2. The highest BCUT2D eigenvalue weighted by atomic mass is 127. The van der Waals surface area contributed by atoms with Gasteiger partial charge in [0.2, 0.25) is 0 Å². The predicted molar refractivity (Wildman–Crippen MR) is 66.5 cm³/mol. The maximum atomic E-state index is 11.4. The van der Waals surface area contributed by atoms with E-state index in [0.29, 0.717) is 5.69 Å². The fourth-order valence-electron chi connectivity index (χ4n) is 1.77. The van der Waals surface area contributed by atoms with Crippen molar-refractivity contribution in [2.45, 2.75) is 25.2 Å². The SMILES string of the molecule is COC(=O)c1nn([C@@H]2CC[C@@H](CO)O2)cc1I. The minimum absolute atomic E-state index is 0.0126. The van der Waals surface area contributed by atoms with Crippen LogP contribution in [0.5, 0.6) is 0 Å². The molecule has 0 radical (unpaired) electrons. The zero-order valence-corrected chi connectivity index (χ0v) is 11.5. The van der Waals surface area contributed by atoms with Crippen molar-refractivity contribution in [1.29, 1.82) is 0 Å². The third kappa shape index (κ3) is 2.61. The average Bonchev–Trinajstić information content (AvgIpc) is 2.94. The van der Waals surface area contributed by atoms with E-state index in [1.54, 1.807) is 10.9 Å². The summed E-state index contributed by atoms with van der Waals surface area (Å²) in [5.74, 6) is -0.454. The van der Waals surface area contributed by atoms with E-state index in [-0.39, 0.29) is 18.9 Å². The van der Waals surface area contributed by atoms with Crippen LogP contribution in [0, 0.1) is 3.57 Å². The van der Waals surface area contributed by atoms with Crippen LogP contribution in [0.1, 0.15) is 29.6 Å². The summed E-state index contributed by atoms with van der Waals surface area (Å²) in [6.07, 6.45) is 2.98. The first-order chi connectivity index (χ1) is 8.15. The Balaban J connectivity index is 2.15. The molecule has 6 nitrogen and oxygen atoms in total. The monoisotopic (exact) mass is 352 g/mol. The van der Waals surface area contributed by atoms with Crippen LogP contribution in [0.2, 0.25) is 0 Å². The van der Waals surface area contributed by atoms with E-state index < -0.39 is 5.97 Å². The van der Waals surface area contributed by atoms with Crippen molar-refractivity contribution in [2.75, 3.05) is 13.7 Å². The van der Waals surface area contributed by atoms with Crippen molar-refractivity contribution in [2.24, 2.45) is 0 Å². The van der Waals surface area contributed by atoms with Gasteiger partial charge in [0.15, 0.2) is 11.9 Å². The summed E-state index contributed by atoms with van der Waals surface area (Å²) >= 11 is 2.03. The van der Waals surface area contributed by atoms with Crippen LogP contribution in [0.4, 0.5) is 0 Å². The molecular formula is C10H13IN2O4. The normalized spacial score (nSPS) is 23.9. The van der Waals surface area contributed by atoms with Crippen molar-refractivity contribution in [3.8, 4) is 0 Å². The molecule has 94 valence electrons. The molecule has 1 fully saturated rings. The average molecular weight is 352 g/mol. The lowest BCUT2D eigenvalue weighted by molar-refractivity contribution is -0.0284. The lowest BCUT2D eigenvalue weighted by Crippen LogP contribution is -2.15. The number of carbonyl (C=O) groups excluding carboxylic acids is 1. The van der Waals surface area contributed by atoms with Gasteiger partial charge in [0, 0.05) is 6.20 Å². The number of esters is 1. The largest absolute Gasteiger partial charge is 0.464 e. The van der Waals surface area contributed by atoms with E-state index in [0.717, 1.165) is 16.4 Å². The summed E-state index contributed by atoms with van der Waals surface area (Å²) in [6, 6.07) is 0. The third-order valence-corrected chi connectivity index (χ3v) is 3.44. The number of hydrogen-bond acceptors (Lipinski definition) is 5. The predicted octanol–water partition coefficient (Wildman–Crippen LogP) is 0.944. The van der Waals surface area contributed by atoms with Gasteiger partial charge in [-0.3, -0.25) is 0 Å². The molecule has 7 heteroatoms. The highest BCUT2D eigenvalue weighted by molar-refractivity contribution is 14.1. The Morgan fingerprint density at radius 2 is 2.53 bits per heavy atom. The number of ether oxygens (including phenoxy) is 2. The van der Waals surface area contributed by atoms with E-state index in [4.69, 9.17) is 9.84 Å². The minimum Gasteiger partial charge on any atom is -0.464 e. The molecule has 0 bridgehead atoms. The van der Waals surface area contributed by atoms with Gasteiger partial charge in [-0.15, -0.1) is 0 Å². The summed E-state index contributed by atoms with van der Waals surface area (Å²) in [7, 11) is 1.32.